The van der Waals surface area contributed by atoms with Crippen molar-refractivity contribution >= 4 is 17.5 Å². The Balaban J connectivity index is 1.44. The monoisotopic (exact) mass is 507 g/mol. The van der Waals surface area contributed by atoms with Gasteiger partial charge in [-0.2, -0.15) is 0 Å². The van der Waals surface area contributed by atoms with Crippen molar-refractivity contribution in [3.8, 4) is 11.1 Å². The number of aromatic nitrogens is 2. The van der Waals surface area contributed by atoms with Gasteiger partial charge < -0.3 is 24.7 Å². The van der Waals surface area contributed by atoms with E-state index in [4.69, 9.17) is 9.72 Å². The molecule has 196 valence electrons. The zero-order chi connectivity index (χ0) is 25.9. The largest absolute Gasteiger partial charge is 0.381 e. The van der Waals surface area contributed by atoms with Crippen LogP contribution in [-0.2, 0) is 14.3 Å². The Hall–Kier alpha value is -3.30. The molecule has 2 fully saturated rings. The fraction of sp³-hybridized carbons (Fsp3) is 0.464. The number of carbonyl (C=O) groups excluding carboxylic acids is 2. The molecule has 2 aromatic heterocycles. The van der Waals surface area contributed by atoms with Gasteiger partial charge in [-0.25, -0.2) is 9.37 Å². The molecule has 3 aromatic rings. The molecule has 1 aromatic carbocycles. The molecule has 0 saturated carbocycles. The van der Waals surface area contributed by atoms with E-state index in [0.717, 1.165) is 48.2 Å². The number of nitrogens with zero attached hydrogens (tertiary/aromatic N) is 3. The fourth-order valence-corrected chi connectivity index (χ4v) is 5.40. The van der Waals surface area contributed by atoms with Crippen LogP contribution in [0.1, 0.15) is 44.3 Å². The summed E-state index contributed by atoms with van der Waals surface area (Å²) in [4.78, 5) is 33.6. The van der Waals surface area contributed by atoms with E-state index in [1.807, 2.05) is 33.8 Å². The maximum Gasteiger partial charge on any atom is 0.246 e. The highest BCUT2D eigenvalue weighted by Gasteiger charge is 2.40. The van der Waals surface area contributed by atoms with E-state index < -0.39 is 12.1 Å². The topological polar surface area (TPSA) is 88.0 Å². The zero-order valence-electron chi connectivity index (χ0n) is 21.3. The minimum Gasteiger partial charge on any atom is -0.381 e. The van der Waals surface area contributed by atoms with Crippen LogP contribution in [0.2, 0.25) is 0 Å². The van der Waals surface area contributed by atoms with E-state index in [1.165, 1.54) is 12.1 Å². The van der Waals surface area contributed by atoms with Crippen molar-refractivity contribution < 1.29 is 18.7 Å². The summed E-state index contributed by atoms with van der Waals surface area (Å²) in [5, 5.41) is 6.00. The number of likely N-dealkylation sites (N-methyl/N-ethyl adjacent to an activating group) is 1. The number of ether oxygens (including phenoxy) is 1. The van der Waals surface area contributed by atoms with Crippen molar-refractivity contribution in [1.29, 1.82) is 0 Å². The summed E-state index contributed by atoms with van der Waals surface area (Å²) in [6.45, 7) is 3.59. The quantitative estimate of drug-likeness (QED) is 0.512. The molecular formula is C28H34FN5O3. The van der Waals surface area contributed by atoms with E-state index in [-0.39, 0.29) is 29.6 Å². The summed E-state index contributed by atoms with van der Waals surface area (Å²) in [6.07, 6.45) is 7.06. The number of rotatable bonds is 7. The first-order chi connectivity index (χ1) is 18.0. The summed E-state index contributed by atoms with van der Waals surface area (Å²) in [6, 6.07) is 9.13. The fourth-order valence-electron chi connectivity index (χ4n) is 5.40. The Morgan fingerprint density at radius 2 is 1.89 bits per heavy atom. The van der Waals surface area contributed by atoms with E-state index >= 15 is 0 Å². The average Bonchev–Trinajstić information content (AvgIpc) is 3.59. The lowest BCUT2D eigenvalue weighted by Gasteiger charge is -2.35. The van der Waals surface area contributed by atoms with Crippen molar-refractivity contribution in [3.63, 3.8) is 0 Å². The number of carbonyl (C=O) groups is 2. The number of halogens is 1. The maximum absolute atomic E-state index is 14.0. The van der Waals surface area contributed by atoms with E-state index in [0.29, 0.717) is 19.8 Å². The standard InChI is InChI=1S/C28H34FN5O3/c1-18(30-2)27(35)32-25(20-11-15-37-16-12-20)28(36)34-14-4-6-24(34)23-17-33-13-3-5-22(26(33)31-23)19-7-9-21(29)10-8-19/h3,5,7-10,13,17-18,20,24-25,30H,4,6,11-12,14-16H2,1-2H3,(H,32,35)/t18-,24-,25-/m0/s1. The summed E-state index contributed by atoms with van der Waals surface area (Å²) in [7, 11) is 1.73. The minimum atomic E-state index is -0.598. The third-order valence-corrected chi connectivity index (χ3v) is 7.66. The maximum atomic E-state index is 14.0. The Morgan fingerprint density at radius 3 is 2.62 bits per heavy atom. The molecule has 2 amide bonds. The second kappa shape index (κ2) is 11.0. The van der Waals surface area contributed by atoms with Crippen LogP contribution in [0.5, 0.6) is 0 Å². The van der Waals surface area contributed by atoms with Gasteiger partial charge in [0.25, 0.3) is 0 Å². The van der Waals surface area contributed by atoms with Crippen molar-refractivity contribution in [3.05, 3.63) is 60.3 Å². The number of nitrogens with one attached hydrogen (secondary N) is 2. The third kappa shape index (κ3) is 5.24. The van der Waals surface area contributed by atoms with Gasteiger partial charge in [0.15, 0.2) is 0 Å². The van der Waals surface area contributed by atoms with Gasteiger partial charge in [-0.05, 0) is 75.4 Å². The summed E-state index contributed by atoms with van der Waals surface area (Å²) < 4.78 is 21.0. The van der Waals surface area contributed by atoms with Gasteiger partial charge in [-0.1, -0.05) is 12.1 Å². The van der Waals surface area contributed by atoms with Crippen LogP contribution >= 0.6 is 0 Å². The second-order valence-electron chi connectivity index (χ2n) is 9.96. The molecule has 2 aliphatic heterocycles. The predicted molar refractivity (Wildman–Crippen MR) is 138 cm³/mol. The van der Waals surface area contributed by atoms with Gasteiger partial charge in [0.05, 0.1) is 17.8 Å². The van der Waals surface area contributed by atoms with Crippen LogP contribution in [-0.4, -0.2) is 65.0 Å². The smallest absolute Gasteiger partial charge is 0.246 e. The average molecular weight is 508 g/mol. The zero-order valence-corrected chi connectivity index (χ0v) is 21.3. The Labute approximate surface area is 216 Å². The number of amides is 2. The third-order valence-electron chi connectivity index (χ3n) is 7.66. The molecule has 0 radical (unpaired) electrons. The Kier molecular flexibility index (Phi) is 7.53. The van der Waals surface area contributed by atoms with Crippen LogP contribution in [0.3, 0.4) is 0 Å². The molecule has 2 N–H and O–H groups in total. The van der Waals surface area contributed by atoms with E-state index in [1.54, 1.807) is 26.1 Å². The lowest BCUT2D eigenvalue weighted by molar-refractivity contribution is -0.140. The molecule has 3 atom stereocenters. The number of hydrogen-bond donors (Lipinski definition) is 2. The molecule has 0 spiro atoms. The number of benzene rings is 1. The van der Waals surface area contributed by atoms with Crippen LogP contribution in [0.25, 0.3) is 16.8 Å². The summed E-state index contributed by atoms with van der Waals surface area (Å²) in [5.74, 6) is -0.488. The highest BCUT2D eigenvalue weighted by Crippen LogP contribution is 2.35. The first kappa shape index (κ1) is 25.4. The van der Waals surface area contributed by atoms with Gasteiger partial charge in [-0.3, -0.25) is 9.59 Å². The van der Waals surface area contributed by atoms with Gasteiger partial charge in [0, 0.05) is 37.7 Å². The molecule has 4 heterocycles. The summed E-state index contributed by atoms with van der Waals surface area (Å²) >= 11 is 0. The lowest BCUT2D eigenvalue weighted by atomic mass is 9.90. The molecule has 0 bridgehead atoms. The first-order valence-electron chi connectivity index (χ1n) is 13.1. The van der Waals surface area contributed by atoms with Crippen LogP contribution in [0.15, 0.2) is 48.8 Å². The van der Waals surface area contributed by atoms with E-state index in [2.05, 4.69) is 10.6 Å². The highest BCUT2D eigenvalue weighted by molar-refractivity contribution is 5.90. The van der Waals surface area contributed by atoms with Crippen LogP contribution < -0.4 is 10.6 Å². The van der Waals surface area contributed by atoms with Crippen LogP contribution in [0.4, 0.5) is 4.39 Å². The molecule has 2 saturated heterocycles. The van der Waals surface area contributed by atoms with Crippen molar-refractivity contribution in [2.45, 2.75) is 50.7 Å². The highest BCUT2D eigenvalue weighted by atomic mass is 19.1. The molecule has 0 aliphatic carbocycles. The van der Waals surface area contributed by atoms with Crippen LogP contribution in [0, 0.1) is 11.7 Å². The molecule has 8 nitrogen and oxygen atoms in total. The number of pyridine rings is 1. The van der Waals surface area contributed by atoms with Gasteiger partial charge in [0.1, 0.15) is 17.5 Å². The normalized spacial score (nSPS) is 20.2. The van der Waals surface area contributed by atoms with E-state index in [9.17, 15) is 14.0 Å². The SMILES string of the molecule is CN[C@@H](C)C(=O)N[C@H](C(=O)N1CCC[C@H]1c1cn2cccc(-c3ccc(F)cc3)c2n1)C1CCOCC1. The molecule has 9 heteroatoms. The molecular weight excluding hydrogens is 473 g/mol. The van der Waals surface area contributed by atoms with Crippen molar-refractivity contribution in [1.82, 2.24) is 24.9 Å². The molecule has 37 heavy (non-hydrogen) atoms. The number of likely N-dealkylation sites (tertiary alicyclic amines) is 1. The van der Waals surface area contributed by atoms with Gasteiger partial charge >= 0.3 is 0 Å². The minimum absolute atomic E-state index is 0.0293. The lowest BCUT2D eigenvalue weighted by Crippen LogP contribution is -2.56. The predicted octanol–water partition coefficient (Wildman–Crippen LogP) is 3.32. The summed E-state index contributed by atoms with van der Waals surface area (Å²) in [5.41, 5.74) is 3.36. The molecule has 2 aliphatic rings. The Morgan fingerprint density at radius 1 is 1.14 bits per heavy atom. The number of imidazole rings is 1. The number of hydrogen-bond acceptors (Lipinski definition) is 5. The Bertz CT molecular complexity index is 1250. The molecule has 0 unspecified atom stereocenters. The van der Waals surface area contributed by atoms with Gasteiger partial charge in [0.2, 0.25) is 11.8 Å². The van der Waals surface area contributed by atoms with Crippen molar-refractivity contribution in [2.24, 2.45) is 5.92 Å². The first-order valence-corrected chi connectivity index (χ1v) is 13.1. The second-order valence-corrected chi connectivity index (χ2v) is 9.96. The van der Waals surface area contributed by atoms with Gasteiger partial charge in [-0.15, -0.1) is 0 Å². The number of fused-ring (bicyclic) bond motifs is 1. The molecule has 5 rings (SSSR count). The van der Waals surface area contributed by atoms with Crippen molar-refractivity contribution in [2.75, 3.05) is 26.8 Å².